The lowest BCUT2D eigenvalue weighted by Crippen LogP contribution is -2.50. The lowest BCUT2D eigenvalue weighted by molar-refractivity contribution is -0.140. The predicted octanol–water partition coefficient (Wildman–Crippen LogP) is 5.01. The number of hydrogen-bond donors (Lipinski definition) is 1. The standard InChI is InChI=1S/C22H25Cl2FN2O2/c1-4-14(2)26-22(29)15(3)27(13-17-9-10-18(23)12-19(17)24)21(28)11-16-7-5-6-8-20(16)25/h5-10,12,14-15H,4,11,13H2,1-3H3,(H,26,29). The molecule has 0 fully saturated rings. The fraction of sp³-hybridized carbons (Fsp3) is 0.364. The Morgan fingerprint density at radius 3 is 2.41 bits per heavy atom. The summed E-state index contributed by atoms with van der Waals surface area (Å²) in [4.78, 5) is 27.1. The van der Waals surface area contributed by atoms with Gasteiger partial charge in [0.25, 0.3) is 0 Å². The highest BCUT2D eigenvalue weighted by Crippen LogP contribution is 2.24. The Morgan fingerprint density at radius 1 is 1.10 bits per heavy atom. The van der Waals surface area contributed by atoms with Crippen molar-refractivity contribution in [1.82, 2.24) is 10.2 Å². The van der Waals surface area contributed by atoms with Gasteiger partial charge in [-0.1, -0.05) is 54.4 Å². The molecule has 2 amide bonds. The molecule has 0 aliphatic rings. The van der Waals surface area contributed by atoms with E-state index in [4.69, 9.17) is 23.2 Å². The molecule has 0 spiro atoms. The van der Waals surface area contributed by atoms with E-state index in [-0.39, 0.29) is 36.4 Å². The van der Waals surface area contributed by atoms with Crippen LogP contribution >= 0.6 is 23.2 Å². The third-order valence-corrected chi connectivity index (χ3v) is 5.41. The maximum atomic E-state index is 14.0. The summed E-state index contributed by atoms with van der Waals surface area (Å²) in [5.41, 5.74) is 0.931. The Morgan fingerprint density at radius 2 is 1.79 bits per heavy atom. The number of carbonyl (C=O) groups excluding carboxylic acids is 2. The van der Waals surface area contributed by atoms with Gasteiger partial charge < -0.3 is 10.2 Å². The van der Waals surface area contributed by atoms with Crippen LogP contribution in [-0.4, -0.2) is 28.8 Å². The van der Waals surface area contributed by atoms with E-state index in [0.29, 0.717) is 15.6 Å². The molecule has 4 nitrogen and oxygen atoms in total. The summed E-state index contributed by atoms with van der Waals surface area (Å²) in [5.74, 6) is -1.10. The van der Waals surface area contributed by atoms with E-state index in [2.05, 4.69) is 5.32 Å². The van der Waals surface area contributed by atoms with Crippen molar-refractivity contribution in [2.75, 3.05) is 0 Å². The van der Waals surface area contributed by atoms with Crippen LogP contribution in [0.2, 0.25) is 10.0 Å². The van der Waals surface area contributed by atoms with Crippen molar-refractivity contribution >= 4 is 35.0 Å². The van der Waals surface area contributed by atoms with Gasteiger partial charge in [0, 0.05) is 22.6 Å². The van der Waals surface area contributed by atoms with Crippen molar-refractivity contribution in [2.24, 2.45) is 0 Å². The maximum absolute atomic E-state index is 14.0. The van der Waals surface area contributed by atoms with E-state index >= 15 is 0 Å². The van der Waals surface area contributed by atoms with E-state index in [9.17, 15) is 14.0 Å². The number of hydrogen-bond acceptors (Lipinski definition) is 2. The Hall–Kier alpha value is -2.11. The van der Waals surface area contributed by atoms with Gasteiger partial charge in [0.2, 0.25) is 11.8 Å². The van der Waals surface area contributed by atoms with Crippen LogP contribution in [0.3, 0.4) is 0 Å². The highest BCUT2D eigenvalue weighted by Gasteiger charge is 2.27. The zero-order valence-electron chi connectivity index (χ0n) is 16.7. The van der Waals surface area contributed by atoms with Crippen LogP contribution in [0.4, 0.5) is 4.39 Å². The van der Waals surface area contributed by atoms with E-state index in [1.54, 1.807) is 43.3 Å². The highest BCUT2D eigenvalue weighted by molar-refractivity contribution is 6.35. The molecule has 2 aromatic rings. The number of carbonyl (C=O) groups is 2. The molecule has 0 radical (unpaired) electrons. The van der Waals surface area contributed by atoms with Gasteiger partial charge in [-0.25, -0.2) is 4.39 Å². The summed E-state index contributed by atoms with van der Waals surface area (Å²) in [7, 11) is 0. The van der Waals surface area contributed by atoms with Gasteiger partial charge in [-0.2, -0.15) is 0 Å². The molecule has 0 heterocycles. The number of nitrogens with one attached hydrogen (secondary N) is 1. The molecule has 0 aromatic heterocycles. The summed E-state index contributed by atoms with van der Waals surface area (Å²) in [6.45, 7) is 5.62. The van der Waals surface area contributed by atoms with Crippen LogP contribution in [0.15, 0.2) is 42.5 Å². The van der Waals surface area contributed by atoms with Crippen molar-refractivity contribution in [2.45, 2.75) is 52.2 Å². The Labute approximate surface area is 181 Å². The van der Waals surface area contributed by atoms with Crippen LogP contribution < -0.4 is 5.32 Å². The lowest BCUT2D eigenvalue weighted by atomic mass is 10.1. The second-order valence-electron chi connectivity index (χ2n) is 7.02. The molecule has 0 aliphatic heterocycles. The summed E-state index contributed by atoms with van der Waals surface area (Å²) >= 11 is 12.2. The number of benzene rings is 2. The van der Waals surface area contributed by atoms with Gasteiger partial charge in [-0.15, -0.1) is 0 Å². The molecule has 7 heteroatoms. The molecule has 0 saturated heterocycles. The molecule has 0 bridgehead atoms. The van der Waals surface area contributed by atoms with E-state index in [1.807, 2.05) is 13.8 Å². The Balaban J connectivity index is 2.29. The minimum absolute atomic E-state index is 0.0208. The van der Waals surface area contributed by atoms with Crippen LogP contribution in [0, 0.1) is 5.82 Å². The minimum atomic E-state index is -0.755. The summed E-state index contributed by atoms with van der Waals surface area (Å²) in [6.07, 6.45) is 0.615. The van der Waals surface area contributed by atoms with Crippen LogP contribution in [0.5, 0.6) is 0 Å². The normalized spacial score (nSPS) is 12.9. The molecule has 2 unspecified atom stereocenters. The van der Waals surface area contributed by atoms with Crippen molar-refractivity contribution in [3.63, 3.8) is 0 Å². The van der Waals surface area contributed by atoms with Gasteiger partial charge in [-0.3, -0.25) is 9.59 Å². The average Bonchev–Trinajstić information content (AvgIpc) is 2.68. The molecule has 2 rings (SSSR count). The number of halogens is 3. The molecule has 2 aromatic carbocycles. The average molecular weight is 439 g/mol. The second kappa shape index (κ2) is 10.6. The molecule has 29 heavy (non-hydrogen) atoms. The van der Waals surface area contributed by atoms with Crippen molar-refractivity contribution in [3.8, 4) is 0 Å². The second-order valence-corrected chi connectivity index (χ2v) is 7.86. The molecular weight excluding hydrogens is 414 g/mol. The molecule has 0 aliphatic carbocycles. The molecular formula is C22H25Cl2FN2O2. The maximum Gasteiger partial charge on any atom is 0.242 e. The summed E-state index contributed by atoms with van der Waals surface area (Å²) < 4.78 is 14.0. The fourth-order valence-electron chi connectivity index (χ4n) is 2.79. The van der Waals surface area contributed by atoms with Gasteiger partial charge in [0.05, 0.1) is 6.42 Å². The van der Waals surface area contributed by atoms with Gasteiger partial charge >= 0.3 is 0 Å². The summed E-state index contributed by atoms with van der Waals surface area (Å²) in [5, 5.41) is 3.76. The van der Waals surface area contributed by atoms with Crippen molar-refractivity contribution < 1.29 is 14.0 Å². The van der Waals surface area contributed by atoms with E-state index < -0.39 is 11.9 Å². The third-order valence-electron chi connectivity index (χ3n) is 4.82. The van der Waals surface area contributed by atoms with Crippen LogP contribution in [0.25, 0.3) is 0 Å². The van der Waals surface area contributed by atoms with Gasteiger partial charge in [-0.05, 0) is 49.6 Å². The predicted molar refractivity (Wildman–Crippen MR) is 114 cm³/mol. The molecule has 1 N–H and O–H groups in total. The fourth-order valence-corrected chi connectivity index (χ4v) is 3.26. The number of amides is 2. The summed E-state index contributed by atoms with van der Waals surface area (Å²) in [6, 6.07) is 10.3. The van der Waals surface area contributed by atoms with Crippen molar-refractivity contribution in [3.05, 3.63) is 69.5 Å². The van der Waals surface area contributed by atoms with Crippen LogP contribution in [0.1, 0.15) is 38.3 Å². The zero-order valence-corrected chi connectivity index (χ0v) is 18.2. The first-order chi connectivity index (χ1) is 13.7. The van der Waals surface area contributed by atoms with Gasteiger partial charge in [0.15, 0.2) is 0 Å². The SMILES string of the molecule is CCC(C)NC(=O)C(C)N(Cc1ccc(Cl)cc1Cl)C(=O)Cc1ccccc1F. The van der Waals surface area contributed by atoms with Gasteiger partial charge in [0.1, 0.15) is 11.9 Å². The Kier molecular flexibility index (Phi) is 8.47. The van der Waals surface area contributed by atoms with E-state index in [0.717, 1.165) is 6.42 Å². The smallest absolute Gasteiger partial charge is 0.242 e. The van der Waals surface area contributed by atoms with E-state index in [1.165, 1.54) is 11.0 Å². The first kappa shape index (κ1) is 23.2. The monoisotopic (exact) mass is 438 g/mol. The zero-order chi connectivity index (χ0) is 21.6. The van der Waals surface area contributed by atoms with Crippen molar-refractivity contribution in [1.29, 1.82) is 0 Å². The minimum Gasteiger partial charge on any atom is -0.352 e. The third kappa shape index (κ3) is 6.44. The first-order valence-electron chi connectivity index (χ1n) is 9.50. The molecule has 0 saturated carbocycles. The number of nitrogens with zero attached hydrogens (tertiary/aromatic N) is 1. The molecule has 156 valence electrons. The lowest BCUT2D eigenvalue weighted by Gasteiger charge is -2.30. The van der Waals surface area contributed by atoms with Crippen LogP contribution in [-0.2, 0) is 22.6 Å². The first-order valence-corrected chi connectivity index (χ1v) is 10.3. The quantitative estimate of drug-likeness (QED) is 0.629. The topological polar surface area (TPSA) is 49.4 Å². The molecule has 2 atom stereocenters. The largest absolute Gasteiger partial charge is 0.352 e. The highest BCUT2D eigenvalue weighted by atomic mass is 35.5. The number of rotatable bonds is 8. The Bertz CT molecular complexity index is 876.